The Hall–Kier alpha value is -0.420. The van der Waals surface area contributed by atoms with Gasteiger partial charge in [-0.3, -0.25) is 0 Å². The number of halogens is 1. The van der Waals surface area contributed by atoms with E-state index < -0.39 is 0 Å². The van der Waals surface area contributed by atoms with E-state index in [0.29, 0.717) is 4.32 Å². The molecule has 0 amide bonds. The summed E-state index contributed by atoms with van der Waals surface area (Å²) in [5.41, 5.74) is 1.40. The minimum absolute atomic E-state index is 0.0168. The van der Waals surface area contributed by atoms with Crippen LogP contribution in [-0.2, 0) is 5.41 Å². The standard InChI is InChI=1S/C15H22BrN3O/c1-10(8-20)19-7-13(17-18-19)14-3-11-2-12(4-14)6-15(16,5-11)9-14/h7,10-12,20H,2-6,8-9H2,1H3/t10-,11?,12?,14?,15?/m0/s1. The molecule has 0 aliphatic heterocycles. The highest BCUT2D eigenvalue weighted by molar-refractivity contribution is 9.10. The lowest BCUT2D eigenvalue weighted by Crippen LogP contribution is -2.55. The van der Waals surface area contributed by atoms with Gasteiger partial charge in [0.05, 0.1) is 18.3 Å². The third kappa shape index (κ3) is 1.89. The fourth-order valence-corrected chi connectivity index (χ4v) is 6.72. The highest BCUT2D eigenvalue weighted by Crippen LogP contribution is 2.64. The van der Waals surface area contributed by atoms with Crippen LogP contribution < -0.4 is 0 Å². The second kappa shape index (κ2) is 4.29. The number of alkyl halides is 1. The van der Waals surface area contributed by atoms with Crippen molar-refractivity contribution in [1.29, 1.82) is 0 Å². The molecule has 2 unspecified atom stereocenters. The van der Waals surface area contributed by atoms with E-state index in [9.17, 15) is 5.11 Å². The first-order chi connectivity index (χ1) is 9.52. The molecule has 1 heterocycles. The summed E-state index contributed by atoms with van der Waals surface area (Å²) >= 11 is 4.04. The second-order valence-electron chi connectivity index (χ2n) is 7.51. The first-order valence-corrected chi connectivity index (χ1v) is 8.53. The van der Waals surface area contributed by atoms with Crippen LogP contribution in [-0.4, -0.2) is 31.0 Å². The van der Waals surface area contributed by atoms with Crippen molar-refractivity contribution in [1.82, 2.24) is 15.0 Å². The Bertz CT molecular complexity index is 515. The molecule has 5 rings (SSSR count). The smallest absolute Gasteiger partial charge is 0.0889 e. The maximum atomic E-state index is 9.28. The predicted molar refractivity (Wildman–Crippen MR) is 79.8 cm³/mol. The van der Waals surface area contributed by atoms with Gasteiger partial charge >= 0.3 is 0 Å². The van der Waals surface area contributed by atoms with Crippen LogP contribution in [0.4, 0.5) is 0 Å². The monoisotopic (exact) mass is 339 g/mol. The summed E-state index contributed by atoms with van der Waals surface area (Å²) in [6.45, 7) is 2.09. The van der Waals surface area contributed by atoms with Crippen LogP contribution in [0.3, 0.4) is 0 Å². The summed E-state index contributed by atoms with van der Waals surface area (Å²) in [4.78, 5) is 0. The normalized spacial score (nSPS) is 44.0. The van der Waals surface area contributed by atoms with E-state index in [-0.39, 0.29) is 18.1 Å². The van der Waals surface area contributed by atoms with Gasteiger partial charge in [-0.2, -0.15) is 0 Å². The highest BCUT2D eigenvalue weighted by atomic mass is 79.9. The maximum absolute atomic E-state index is 9.28. The molecule has 4 nitrogen and oxygen atoms in total. The Kier molecular flexibility index (Phi) is 2.84. The van der Waals surface area contributed by atoms with Crippen molar-refractivity contribution >= 4 is 15.9 Å². The van der Waals surface area contributed by atoms with Gasteiger partial charge in [0, 0.05) is 15.9 Å². The summed E-state index contributed by atoms with van der Waals surface area (Å²) in [6.07, 6.45) is 9.95. The zero-order chi connectivity index (χ0) is 14.0. The van der Waals surface area contributed by atoms with E-state index in [4.69, 9.17) is 0 Å². The van der Waals surface area contributed by atoms with Gasteiger partial charge < -0.3 is 5.11 Å². The molecule has 4 aliphatic rings. The highest BCUT2D eigenvalue weighted by Gasteiger charge is 2.58. The molecule has 0 spiro atoms. The van der Waals surface area contributed by atoms with Crippen molar-refractivity contribution in [2.24, 2.45) is 11.8 Å². The Labute approximate surface area is 128 Å². The molecule has 0 saturated heterocycles. The molecule has 5 heteroatoms. The molecule has 1 aromatic heterocycles. The summed E-state index contributed by atoms with van der Waals surface area (Å²) in [6, 6.07) is 0.0168. The fraction of sp³-hybridized carbons (Fsp3) is 0.867. The SMILES string of the molecule is C[C@@H](CO)n1cc(C23CC4CC(CC(Br)(C4)C2)C3)nn1. The van der Waals surface area contributed by atoms with Crippen LogP contribution in [0.5, 0.6) is 0 Å². The molecule has 3 atom stereocenters. The molecule has 4 fully saturated rings. The van der Waals surface area contributed by atoms with E-state index >= 15 is 0 Å². The van der Waals surface area contributed by atoms with E-state index in [0.717, 1.165) is 17.5 Å². The lowest BCUT2D eigenvalue weighted by molar-refractivity contribution is 0.0127. The van der Waals surface area contributed by atoms with Crippen LogP contribution in [0.1, 0.15) is 57.2 Å². The van der Waals surface area contributed by atoms with E-state index in [1.165, 1.54) is 38.5 Å². The van der Waals surface area contributed by atoms with Gasteiger partial charge in [0.25, 0.3) is 0 Å². The number of hydrogen-bond acceptors (Lipinski definition) is 3. The largest absolute Gasteiger partial charge is 0.394 e. The minimum Gasteiger partial charge on any atom is -0.394 e. The van der Waals surface area contributed by atoms with Crippen LogP contribution in [0.25, 0.3) is 0 Å². The van der Waals surface area contributed by atoms with Crippen LogP contribution in [0.15, 0.2) is 6.20 Å². The first-order valence-electron chi connectivity index (χ1n) is 7.74. The van der Waals surface area contributed by atoms with Gasteiger partial charge in [0.1, 0.15) is 0 Å². The molecule has 20 heavy (non-hydrogen) atoms. The summed E-state index contributed by atoms with van der Waals surface area (Å²) in [5, 5.41) is 18.0. The third-order valence-electron chi connectivity index (χ3n) is 5.76. The Balaban J connectivity index is 1.69. The van der Waals surface area contributed by atoms with Crippen molar-refractivity contribution in [3.63, 3.8) is 0 Å². The lowest BCUT2D eigenvalue weighted by atomic mass is 9.49. The van der Waals surface area contributed by atoms with Crippen molar-refractivity contribution in [2.45, 2.75) is 61.2 Å². The predicted octanol–water partition coefficient (Wildman–Crippen LogP) is 2.82. The van der Waals surface area contributed by atoms with Gasteiger partial charge in [0.2, 0.25) is 0 Å². The zero-order valence-corrected chi connectivity index (χ0v) is 13.5. The molecule has 1 aromatic rings. The Morgan fingerprint density at radius 1 is 1.40 bits per heavy atom. The quantitative estimate of drug-likeness (QED) is 0.861. The maximum Gasteiger partial charge on any atom is 0.0889 e. The van der Waals surface area contributed by atoms with Crippen LogP contribution in [0.2, 0.25) is 0 Å². The Morgan fingerprint density at radius 2 is 2.10 bits per heavy atom. The van der Waals surface area contributed by atoms with Crippen molar-refractivity contribution in [2.75, 3.05) is 6.61 Å². The van der Waals surface area contributed by atoms with Gasteiger partial charge in [-0.25, -0.2) is 4.68 Å². The zero-order valence-electron chi connectivity index (χ0n) is 11.9. The van der Waals surface area contributed by atoms with Crippen molar-refractivity contribution in [3.8, 4) is 0 Å². The topological polar surface area (TPSA) is 50.9 Å². The molecule has 4 saturated carbocycles. The fourth-order valence-electron chi connectivity index (χ4n) is 5.27. The van der Waals surface area contributed by atoms with E-state index in [1.54, 1.807) is 0 Å². The molecule has 4 bridgehead atoms. The average molecular weight is 340 g/mol. The number of nitrogens with zero attached hydrogens (tertiary/aromatic N) is 3. The molecular weight excluding hydrogens is 318 g/mol. The van der Waals surface area contributed by atoms with Crippen molar-refractivity contribution in [3.05, 3.63) is 11.9 Å². The van der Waals surface area contributed by atoms with E-state index in [1.807, 2.05) is 11.6 Å². The number of aliphatic hydroxyl groups excluding tert-OH is 1. The number of hydrogen-bond donors (Lipinski definition) is 1. The molecule has 1 N–H and O–H groups in total. The van der Waals surface area contributed by atoms with Gasteiger partial charge in [0.15, 0.2) is 0 Å². The lowest BCUT2D eigenvalue weighted by Gasteiger charge is -2.59. The van der Waals surface area contributed by atoms with E-state index in [2.05, 4.69) is 32.4 Å². The number of aromatic nitrogens is 3. The van der Waals surface area contributed by atoms with Crippen LogP contribution in [0, 0.1) is 11.8 Å². The van der Waals surface area contributed by atoms with Gasteiger partial charge in [-0.1, -0.05) is 21.1 Å². The summed E-state index contributed by atoms with van der Waals surface area (Å²) in [7, 11) is 0. The van der Waals surface area contributed by atoms with Gasteiger partial charge in [-0.15, -0.1) is 5.10 Å². The average Bonchev–Trinajstić information content (AvgIpc) is 2.85. The van der Waals surface area contributed by atoms with Crippen LogP contribution >= 0.6 is 15.9 Å². The molecule has 0 radical (unpaired) electrons. The molecule has 110 valence electrons. The number of rotatable bonds is 3. The first kappa shape index (κ1) is 13.3. The molecule has 0 aromatic carbocycles. The summed E-state index contributed by atoms with van der Waals surface area (Å²) in [5.74, 6) is 1.71. The Morgan fingerprint density at radius 3 is 2.70 bits per heavy atom. The molecular formula is C15H22BrN3O. The molecule has 4 aliphatic carbocycles. The minimum atomic E-state index is 0.0168. The second-order valence-corrected chi connectivity index (χ2v) is 9.19. The van der Waals surface area contributed by atoms with Gasteiger partial charge in [-0.05, 0) is 57.3 Å². The summed E-state index contributed by atoms with van der Waals surface area (Å²) < 4.78 is 2.18. The number of aliphatic hydroxyl groups is 1. The van der Waals surface area contributed by atoms with Crippen molar-refractivity contribution < 1.29 is 5.11 Å². The third-order valence-corrected chi connectivity index (χ3v) is 6.69.